The molecule has 168 valence electrons. The minimum absolute atomic E-state index is 0.0458. The molecule has 0 amide bonds. The van der Waals surface area contributed by atoms with Gasteiger partial charge in [0.05, 0.1) is 16.2 Å². The van der Waals surface area contributed by atoms with Gasteiger partial charge in [-0.05, 0) is 43.0 Å². The quantitative estimate of drug-likeness (QED) is 0.373. The average molecular weight is 468 g/mol. The van der Waals surface area contributed by atoms with Crippen LogP contribution < -0.4 is 11.1 Å². The van der Waals surface area contributed by atoms with Gasteiger partial charge in [-0.1, -0.05) is 23.8 Å². The number of sulfonamides is 1. The van der Waals surface area contributed by atoms with E-state index in [2.05, 4.69) is 16.4 Å². The van der Waals surface area contributed by atoms with Crippen LogP contribution in [0.4, 0.5) is 17.1 Å². The van der Waals surface area contributed by atoms with Gasteiger partial charge < -0.3 is 16.0 Å². The molecule has 3 rings (SSSR count). The summed E-state index contributed by atoms with van der Waals surface area (Å²) in [5, 5.41) is 14.9. The number of likely N-dealkylation sites (tertiary alicyclic amines) is 1. The Morgan fingerprint density at radius 2 is 2.00 bits per heavy atom. The molecule has 11 heteroatoms. The fraction of sp³-hybridized carbons (Fsp3) is 0.400. The second-order valence-electron chi connectivity index (χ2n) is 7.67. The Morgan fingerprint density at radius 3 is 2.55 bits per heavy atom. The van der Waals surface area contributed by atoms with Crippen LogP contribution in [0.15, 0.2) is 47.8 Å². The van der Waals surface area contributed by atoms with E-state index in [1.807, 2.05) is 12.2 Å². The van der Waals surface area contributed by atoms with Crippen molar-refractivity contribution in [2.75, 3.05) is 37.4 Å². The van der Waals surface area contributed by atoms with Crippen LogP contribution in [0.1, 0.15) is 19.3 Å². The van der Waals surface area contributed by atoms with Gasteiger partial charge in [0.25, 0.3) is 0 Å². The number of nitrogens with two attached hydrogens (primary N) is 1. The monoisotopic (exact) mass is 467 g/mol. The zero-order chi connectivity index (χ0) is 22.8. The smallest absolute Gasteiger partial charge is 0.316 e. The van der Waals surface area contributed by atoms with E-state index in [4.69, 9.17) is 17.3 Å². The Balaban J connectivity index is 1.59. The Morgan fingerprint density at radius 1 is 1.32 bits per heavy atom. The molecular weight excluding hydrogens is 442 g/mol. The summed E-state index contributed by atoms with van der Waals surface area (Å²) >= 11 is 6.19. The van der Waals surface area contributed by atoms with Gasteiger partial charge in [-0.25, -0.2) is 8.42 Å². The first-order chi connectivity index (χ1) is 14.6. The van der Waals surface area contributed by atoms with Crippen molar-refractivity contribution in [1.82, 2.24) is 9.21 Å². The molecular formula is C20H26ClN5O4S. The predicted octanol–water partition coefficient (Wildman–Crippen LogP) is 3.33. The molecule has 0 bridgehead atoms. The van der Waals surface area contributed by atoms with E-state index >= 15 is 0 Å². The molecule has 3 N–H and O–H groups in total. The van der Waals surface area contributed by atoms with Crippen molar-refractivity contribution in [3.05, 3.63) is 63.0 Å². The Hall–Kier alpha value is -2.72. The molecule has 0 unspecified atom stereocenters. The molecule has 1 saturated heterocycles. The minimum atomic E-state index is -3.28. The molecule has 1 aromatic rings. The number of rotatable bonds is 6. The highest BCUT2D eigenvalue weighted by Gasteiger charge is 2.25. The summed E-state index contributed by atoms with van der Waals surface area (Å²) in [5.41, 5.74) is 7.68. The fourth-order valence-corrected chi connectivity index (χ4v) is 4.33. The molecule has 0 radical (unpaired) electrons. The summed E-state index contributed by atoms with van der Waals surface area (Å²) in [7, 11) is -1.74. The zero-order valence-corrected chi connectivity index (χ0v) is 19.0. The first-order valence-corrected chi connectivity index (χ1v) is 12.0. The first-order valence-electron chi connectivity index (χ1n) is 9.82. The lowest BCUT2D eigenvalue weighted by atomic mass is 10.0. The van der Waals surface area contributed by atoms with Crippen molar-refractivity contribution in [2.24, 2.45) is 0 Å². The number of hydrogen-bond acceptors (Lipinski definition) is 7. The van der Waals surface area contributed by atoms with Crippen molar-refractivity contribution in [3.63, 3.8) is 0 Å². The topological polar surface area (TPSA) is 122 Å². The average Bonchev–Trinajstić information content (AvgIpc) is 2.71. The normalized spacial score (nSPS) is 18.7. The molecule has 0 spiro atoms. The summed E-state index contributed by atoms with van der Waals surface area (Å²) in [5.74, 6) is 0. The van der Waals surface area contributed by atoms with E-state index in [-0.39, 0.29) is 28.1 Å². The minimum Gasteiger partial charge on any atom is -0.393 e. The SMILES string of the molecule is CN(C1=CCC(=CN2CCC(Nc3c(Cl)ccc(N)c3[N+](=O)[O-])CC2)C=C1)S(C)(=O)=O. The third kappa shape index (κ3) is 5.50. The third-order valence-corrected chi connectivity index (χ3v) is 6.96. The summed E-state index contributed by atoms with van der Waals surface area (Å²) in [6, 6.07) is 3.04. The van der Waals surface area contributed by atoms with Gasteiger partial charge in [-0.15, -0.1) is 0 Å². The van der Waals surface area contributed by atoms with E-state index in [1.165, 1.54) is 23.7 Å². The summed E-state index contributed by atoms with van der Waals surface area (Å²) < 4.78 is 24.6. The van der Waals surface area contributed by atoms with Crippen LogP contribution in [0.5, 0.6) is 0 Å². The predicted molar refractivity (Wildman–Crippen MR) is 123 cm³/mol. The third-order valence-electron chi connectivity index (χ3n) is 5.44. The standard InChI is InChI=1S/C20H26ClN5O4S/c1-24(31(2,29)30)16-5-3-14(4-6-16)13-25-11-9-15(10-12-25)23-19-17(21)7-8-18(22)20(19)26(27)28/h3,5-8,13,15,23H,4,9-12,22H2,1-2H3. The Bertz CT molecular complexity index is 1060. The van der Waals surface area contributed by atoms with Gasteiger partial charge in [0.1, 0.15) is 11.4 Å². The van der Waals surface area contributed by atoms with Crippen molar-refractivity contribution in [2.45, 2.75) is 25.3 Å². The summed E-state index contributed by atoms with van der Waals surface area (Å²) in [6.07, 6.45) is 11.1. The molecule has 31 heavy (non-hydrogen) atoms. The number of piperidine rings is 1. The van der Waals surface area contributed by atoms with Gasteiger partial charge in [0.2, 0.25) is 10.0 Å². The van der Waals surface area contributed by atoms with Crippen molar-refractivity contribution >= 4 is 38.7 Å². The van der Waals surface area contributed by atoms with Crippen LogP contribution >= 0.6 is 11.6 Å². The van der Waals surface area contributed by atoms with Crippen LogP contribution in [0.2, 0.25) is 5.02 Å². The molecule has 1 aromatic carbocycles. The lowest BCUT2D eigenvalue weighted by Crippen LogP contribution is -2.36. The van der Waals surface area contributed by atoms with Crippen molar-refractivity contribution in [1.29, 1.82) is 0 Å². The number of likely N-dealkylation sites (N-methyl/N-ethyl adjacent to an activating group) is 1. The highest BCUT2D eigenvalue weighted by molar-refractivity contribution is 7.88. The van der Waals surface area contributed by atoms with Gasteiger partial charge in [0.15, 0.2) is 0 Å². The van der Waals surface area contributed by atoms with E-state index in [9.17, 15) is 18.5 Å². The Kier molecular flexibility index (Phi) is 6.80. The number of hydrogen-bond donors (Lipinski definition) is 2. The molecule has 2 aliphatic rings. The largest absolute Gasteiger partial charge is 0.393 e. The van der Waals surface area contributed by atoms with Crippen LogP contribution in [0.3, 0.4) is 0 Å². The number of nitro benzene ring substituents is 1. The second kappa shape index (κ2) is 9.19. The number of halogens is 1. The van der Waals surface area contributed by atoms with Gasteiger partial charge in [-0.3, -0.25) is 14.4 Å². The number of nitrogens with one attached hydrogen (secondary N) is 1. The molecule has 0 saturated carbocycles. The van der Waals surface area contributed by atoms with Gasteiger partial charge >= 0.3 is 5.69 Å². The maximum absolute atomic E-state index is 11.7. The zero-order valence-electron chi connectivity index (χ0n) is 17.4. The van der Waals surface area contributed by atoms with Crippen molar-refractivity contribution < 1.29 is 13.3 Å². The Labute approximate surface area is 187 Å². The number of benzene rings is 1. The molecule has 0 aromatic heterocycles. The van der Waals surface area contributed by atoms with E-state index in [1.54, 1.807) is 12.1 Å². The van der Waals surface area contributed by atoms with Gasteiger partial charge in [-0.2, -0.15) is 0 Å². The molecule has 0 atom stereocenters. The summed E-state index contributed by atoms with van der Waals surface area (Å²) in [6.45, 7) is 1.56. The van der Waals surface area contributed by atoms with Crippen LogP contribution in [0.25, 0.3) is 0 Å². The lowest BCUT2D eigenvalue weighted by molar-refractivity contribution is -0.383. The van der Waals surface area contributed by atoms with Crippen LogP contribution in [-0.2, 0) is 10.0 Å². The van der Waals surface area contributed by atoms with Gasteiger partial charge in [0, 0.05) is 38.1 Å². The number of nitrogens with zero attached hydrogens (tertiary/aromatic N) is 3. The first kappa shape index (κ1) is 23.0. The van der Waals surface area contributed by atoms with Crippen molar-refractivity contribution in [3.8, 4) is 0 Å². The number of allylic oxidation sites excluding steroid dienone is 4. The highest BCUT2D eigenvalue weighted by Crippen LogP contribution is 2.38. The second-order valence-corrected chi connectivity index (χ2v) is 10.1. The molecule has 1 aliphatic heterocycles. The number of nitrogen functional groups attached to an aromatic ring is 1. The van der Waals surface area contributed by atoms with E-state index < -0.39 is 14.9 Å². The highest BCUT2D eigenvalue weighted by atomic mass is 35.5. The van der Waals surface area contributed by atoms with E-state index in [0.29, 0.717) is 12.1 Å². The van der Waals surface area contributed by atoms with Crippen LogP contribution in [0, 0.1) is 10.1 Å². The molecule has 1 aliphatic carbocycles. The molecule has 1 heterocycles. The maximum Gasteiger partial charge on any atom is 0.316 e. The number of anilines is 2. The maximum atomic E-state index is 11.7. The number of nitro groups is 1. The summed E-state index contributed by atoms with van der Waals surface area (Å²) in [4.78, 5) is 13.1. The molecule has 9 nitrogen and oxygen atoms in total. The fourth-order valence-electron chi connectivity index (χ4n) is 3.60. The molecule has 1 fully saturated rings. The lowest BCUT2D eigenvalue weighted by Gasteiger charge is -2.33. The van der Waals surface area contributed by atoms with Crippen LogP contribution in [-0.4, -0.2) is 55.0 Å². The van der Waals surface area contributed by atoms with E-state index in [0.717, 1.165) is 31.5 Å².